The second-order valence-corrected chi connectivity index (χ2v) is 4.72. The van der Waals surface area contributed by atoms with E-state index in [2.05, 4.69) is 0 Å². The molecule has 0 aliphatic heterocycles. The molecule has 0 bridgehead atoms. The van der Waals surface area contributed by atoms with Crippen molar-refractivity contribution in [3.63, 3.8) is 0 Å². The van der Waals surface area contributed by atoms with Crippen molar-refractivity contribution >= 4 is 0 Å². The number of halogens is 3. The Morgan fingerprint density at radius 2 is 1.81 bits per heavy atom. The Morgan fingerprint density at radius 3 is 2.31 bits per heavy atom. The smallest absolute Gasteiger partial charge is 0.323 e. The lowest BCUT2D eigenvalue weighted by atomic mass is 9.89. The van der Waals surface area contributed by atoms with Crippen LogP contribution in [-0.2, 0) is 6.18 Å². The second kappa shape index (κ2) is 3.48. The molecule has 2 rings (SSSR count). The van der Waals surface area contributed by atoms with Crippen molar-refractivity contribution in [2.45, 2.75) is 32.0 Å². The highest BCUT2D eigenvalue weighted by Crippen LogP contribution is 2.54. The Kier molecular flexibility index (Phi) is 2.49. The van der Waals surface area contributed by atoms with E-state index in [1.54, 1.807) is 6.07 Å². The molecule has 88 valence electrons. The van der Waals surface area contributed by atoms with E-state index in [1.165, 1.54) is 12.1 Å². The lowest BCUT2D eigenvalue weighted by molar-refractivity contribution is -0.138. The predicted octanol–water partition coefficient (Wildman–Crippen LogP) is 3.51. The molecule has 0 amide bonds. The second-order valence-electron chi connectivity index (χ2n) is 4.72. The fourth-order valence-corrected chi connectivity index (χ4v) is 1.91. The SMILES string of the molecule is CC1(C(N)c2ccccc2C(F)(F)F)CC1. The van der Waals surface area contributed by atoms with Gasteiger partial charge in [0.25, 0.3) is 0 Å². The normalized spacial score (nSPS) is 20.6. The van der Waals surface area contributed by atoms with Crippen LogP contribution in [0, 0.1) is 5.41 Å². The molecule has 1 unspecified atom stereocenters. The van der Waals surface area contributed by atoms with Crippen molar-refractivity contribution in [1.82, 2.24) is 0 Å². The number of benzene rings is 1. The first-order valence-corrected chi connectivity index (χ1v) is 5.26. The van der Waals surface area contributed by atoms with E-state index >= 15 is 0 Å². The van der Waals surface area contributed by atoms with Crippen LogP contribution >= 0.6 is 0 Å². The molecule has 1 aromatic carbocycles. The van der Waals surface area contributed by atoms with E-state index in [4.69, 9.17) is 5.73 Å². The van der Waals surface area contributed by atoms with Crippen molar-refractivity contribution < 1.29 is 13.2 Å². The van der Waals surface area contributed by atoms with Crippen LogP contribution in [0.25, 0.3) is 0 Å². The summed E-state index contributed by atoms with van der Waals surface area (Å²) >= 11 is 0. The third-order valence-electron chi connectivity index (χ3n) is 3.39. The van der Waals surface area contributed by atoms with Crippen molar-refractivity contribution in [2.24, 2.45) is 11.1 Å². The minimum atomic E-state index is -4.32. The summed E-state index contributed by atoms with van der Waals surface area (Å²) in [7, 11) is 0. The summed E-state index contributed by atoms with van der Waals surface area (Å²) in [6.07, 6.45) is -2.51. The van der Waals surface area contributed by atoms with Gasteiger partial charge in [0.15, 0.2) is 0 Å². The molecule has 1 saturated carbocycles. The number of nitrogens with two attached hydrogens (primary N) is 1. The molecule has 1 fully saturated rings. The molecule has 16 heavy (non-hydrogen) atoms. The molecule has 0 heterocycles. The summed E-state index contributed by atoms with van der Waals surface area (Å²) < 4.78 is 38.3. The third kappa shape index (κ3) is 1.94. The minimum absolute atomic E-state index is 0.151. The van der Waals surface area contributed by atoms with Crippen LogP contribution in [0.15, 0.2) is 24.3 Å². The van der Waals surface area contributed by atoms with E-state index < -0.39 is 17.8 Å². The molecule has 0 radical (unpaired) electrons. The van der Waals surface area contributed by atoms with Crippen LogP contribution < -0.4 is 5.73 Å². The fraction of sp³-hybridized carbons (Fsp3) is 0.500. The standard InChI is InChI=1S/C12H14F3N/c1-11(6-7-11)10(16)8-4-2-3-5-9(8)12(13,14)15/h2-5,10H,6-7,16H2,1H3. The number of rotatable bonds is 2. The van der Waals surface area contributed by atoms with E-state index in [0.717, 1.165) is 18.9 Å². The molecule has 0 aromatic heterocycles. The van der Waals surface area contributed by atoms with Crippen LogP contribution in [0.2, 0.25) is 0 Å². The van der Waals surface area contributed by atoms with E-state index in [1.807, 2.05) is 6.92 Å². The molecular weight excluding hydrogens is 215 g/mol. The summed E-state index contributed by atoms with van der Waals surface area (Å²) in [6, 6.07) is 5.06. The zero-order valence-electron chi connectivity index (χ0n) is 9.01. The monoisotopic (exact) mass is 229 g/mol. The Morgan fingerprint density at radius 1 is 1.25 bits per heavy atom. The predicted molar refractivity (Wildman–Crippen MR) is 55.7 cm³/mol. The maximum atomic E-state index is 12.8. The third-order valence-corrected chi connectivity index (χ3v) is 3.39. The molecular formula is C12H14F3N. The van der Waals surface area contributed by atoms with Crippen molar-refractivity contribution in [3.8, 4) is 0 Å². The number of hydrogen-bond acceptors (Lipinski definition) is 1. The Bertz CT molecular complexity index is 393. The van der Waals surface area contributed by atoms with Gasteiger partial charge < -0.3 is 5.73 Å². The molecule has 4 heteroatoms. The van der Waals surface area contributed by atoms with Gasteiger partial charge in [-0.05, 0) is 29.9 Å². The lowest BCUT2D eigenvalue weighted by Crippen LogP contribution is -2.23. The van der Waals surface area contributed by atoms with Gasteiger partial charge in [-0.15, -0.1) is 0 Å². The highest BCUT2D eigenvalue weighted by atomic mass is 19.4. The zero-order valence-corrected chi connectivity index (χ0v) is 9.01. The Labute approximate surface area is 92.5 Å². The summed E-state index contributed by atoms with van der Waals surface area (Å²) in [5.74, 6) is 0. The lowest BCUT2D eigenvalue weighted by Gasteiger charge is -2.23. The maximum Gasteiger partial charge on any atom is 0.416 e. The Balaban J connectivity index is 2.40. The van der Waals surface area contributed by atoms with Gasteiger partial charge in [0, 0.05) is 6.04 Å². The number of alkyl halides is 3. The minimum Gasteiger partial charge on any atom is -0.323 e. The number of hydrogen-bond donors (Lipinski definition) is 1. The van der Waals surface area contributed by atoms with E-state index in [0.29, 0.717) is 0 Å². The quantitative estimate of drug-likeness (QED) is 0.825. The van der Waals surface area contributed by atoms with Gasteiger partial charge in [0.05, 0.1) is 5.56 Å². The fourth-order valence-electron chi connectivity index (χ4n) is 1.91. The van der Waals surface area contributed by atoms with E-state index in [-0.39, 0.29) is 11.0 Å². The van der Waals surface area contributed by atoms with Crippen LogP contribution in [0.5, 0.6) is 0 Å². The van der Waals surface area contributed by atoms with Gasteiger partial charge in [0.1, 0.15) is 0 Å². The van der Waals surface area contributed by atoms with Gasteiger partial charge in [0.2, 0.25) is 0 Å². The van der Waals surface area contributed by atoms with Crippen molar-refractivity contribution in [3.05, 3.63) is 35.4 Å². The first-order valence-electron chi connectivity index (χ1n) is 5.26. The average Bonchev–Trinajstić information content (AvgIpc) is 2.95. The van der Waals surface area contributed by atoms with Crippen LogP contribution in [0.1, 0.15) is 36.9 Å². The van der Waals surface area contributed by atoms with Gasteiger partial charge >= 0.3 is 6.18 Å². The molecule has 1 aliphatic rings. The molecule has 0 spiro atoms. The van der Waals surface area contributed by atoms with Crippen molar-refractivity contribution in [2.75, 3.05) is 0 Å². The van der Waals surface area contributed by atoms with Gasteiger partial charge in [-0.3, -0.25) is 0 Å². The summed E-state index contributed by atoms with van der Waals surface area (Å²) in [5, 5.41) is 0. The van der Waals surface area contributed by atoms with Crippen molar-refractivity contribution in [1.29, 1.82) is 0 Å². The molecule has 1 aromatic rings. The van der Waals surface area contributed by atoms with Gasteiger partial charge in [-0.2, -0.15) is 13.2 Å². The first kappa shape index (κ1) is 11.5. The summed E-state index contributed by atoms with van der Waals surface area (Å²) in [4.78, 5) is 0. The van der Waals surface area contributed by atoms with Crippen LogP contribution in [-0.4, -0.2) is 0 Å². The Hall–Kier alpha value is -1.03. The van der Waals surface area contributed by atoms with Crippen LogP contribution in [0.3, 0.4) is 0 Å². The molecule has 1 atom stereocenters. The molecule has 1 aliphatic carbocycles. The molecule has 0 saturated heterocycles. The average molecular weight is 229 g/mol. The first-order chi connectivity index (χ1) is 7.34. The highest BCUT2D eigenvalue weighted by molar-refractivity contribution is 5.34. The maximum absolute atomic E-state index is 12.8. The summed E-state index contributed by atoms with van der Waals surface area (Å²) in [6.45, 7) is 1.94. The largest absolute Gasteiger partial charge is 0.416 e. The highest BCUT2D eigenvalue weighted by Gasteiger charge is 2.46. The molecule has 2 N–H and O–H groups in total. The van der Waals surface area contributed by atoms with Gasteiger partial charge in [-0.25, -0.2) is 0 Å². The molecule has 1 nitrogen and oxygen atoms in total. The topological polar surface area (TPSA) is 26.0 Å². The van der Waals surface area contributed by atoms with E-state index in [9.17, 15) is 13.2 Å². The summed E-state index contributed by atoms with van der Waals surface area (Å²) in [5.41, 5.74) is 5.40. The van der Waals surface area contributed by atoms with Crippen LogP contribution in [0.4, 0.5) is 13.2 Å². The van der Waals surface area contributed by atoms with Gasteiger partial charge in [-0.1, -0.05) is 25.1 Å². The zero-order chi connectivity index (χ0) is 12.0.